The van der Waals surface area contributed by atoms with Gasteiger partial charge in [-0.05, 0) is 251 Å². The zero-order valence-electron chi connectivity index (χ0n) is 77.9. The van der Waals surface area contributed by atoms with E-state index >= 15 is 0 Å². The summed E-state index contributed by atoms with van der Waals surface area (Å²) in [5.74, 6) is 3.88. The molecule has 30 rings (SSSR count). The lowest BCUT2D eigenvalue weighted by atomic mass is 9.98. The second-order valence-electron chi connectivity index (χ2n) is 37.2. The zero-order valence-corrected chi connectivity index (χ0v) is 79.5. The highest BCUT2D eigenvalue weighted by Crippen LogP contribution is 2.48. The van der Waals surface area contributed by atoms with Gasteiger partial charge in [0.15, 0.2) is 34.9 Å². The van der Waals surface area contributed by atoms with Gasteiger partial charge in [0.05, 0.1) is 44.1 Å². The molecule has 0 amide bonds. The van der Waals surface area contributed by atoms with Gasteiger partial charge in [0.1, 0.15) is 11.2 Å². The quantitative estimate of drug-likeness (QED) is 0.107. The highest BCUT2D eigenvalue weighted by atomic mass is 32.1. The fraction of sp³-hybridized carbons (Fsp3) is 0. The van der Waals surface area contributed by atoms with Crippen LogP contribution in [0.1, 0.15) is 0 Å². The second-order valence-corrected chi connectivity index (χ2v) is 39.3. The predicted octanol–water partition coefficient (Wildman–Crippen LogP) is 35.4. The first kappa shape index (κ1) is 83.1. The van der Waals surface area contributed by atoms with Crippen molar-refractivity contribution in [1.82, 2.24) is 48.2 Å². The van der Waals surface area contributed by atoms with Gasteiger partial charge in [0, 0.05) is 150 Å². The second kappa shape index (κ2) is 34.0. The summed E-state index contributed by atoms with van der Waals surface area (Å²) >= 11 is 3.67. The molecule has 0 bridgehead atoms. The molecule has 21 aromatic carbocycles. The van der Waals surface area contributed by atoms with Crippen LogP contribution in [-0.4, -0.2) is 48.2 Å². The Morgan fingerprint density at radius 2 is 0.345 bits per heavy atom. The molecule has 0 aliphatic heterocycles. The van der Waals surface area contributed by atoms with Crippen LogP contribution >= 0.6 is 22.7 Å². The van der Waals surface area contributed by atoms with Gasteiger partial charge >= 0.3 is 0 Å². The highest BCUT2D eigenvalue weighted by Gasteiger charge is 2.25. The van der Waals surface area contributed by atoms with Crippen LogP contribution in [0.15, 0.2) is 490 Å². The molecule has 0 aliphatic carbocycles. The van der Waals surface area contributed by atoms with Crippen molar-refractivity contribution in [3.63, 3.8) is 0 Å². The van der Waals surface area contributed by atoms with Crippen LogP contribution in [0.4, 0.5) is 0 Å². The molecular weight excluding hydrogens is 1810 g/mol. The molecule has 0 radical (unpaired) electrons. The summed E-state index contributed by atoms with van der Waals surface area (Å²) in [5, 5.41) is 17.0. The molecule has 0 aliphatic rings. The first-order chi connectivity index (χ1) is 71.8. The van der Waals surface area contributed by atoms with Gasteiger partial charge in [-0.2, -0.15) is 0 Å². The summed E-state index contributed by atoms with van der Waals surface area (Å²) < 4.78 is 21.0. The first-order valence-electron chi connectivity index (χ1n) is 48.8. The highest BCUT2D eigenvalue weighted by molar-refractivity contribution is 7.26. The van der Waals surface area contributed by atoms with Crippen LogP contribution < -0.4 is 0 Å². The predicted molar refractivity (Wildman–Crippen MR) is 604 cm³/mol. The smallest absolute Gasteiger partial charge is 0.164 e. The fourth-order valence-electron chi connectivity index (χ4n) is 21.8. The van der Waals surface area contributed by atoms with Crippen molar-refractivity contribution in [2.24, 2.45) is 0 Å². The number of nitrogens with zero attached hydrogens (tertiary/aromatic N) is 10. The lowest BCUT2D eigenvalue weighted by molar-refractivity contribution is 0.669. The zero-order chi connectivity index (χ0) is 95.3. The van der Waals surface area contributed by atoms with E-state index in [0.717, 1.165) is 111 Å². The molecule has 0 unspecified atom stereocenters. The third-order valence-corrected chi connectivity index (χ3v) is 31.0. The number of rotatable bonds is 14. The van der Waals surface area contributed by atoms with Crippen molar-refractivity contribution in [2.75, 3.05) is 0 Å². The average molecular weight is 1890 g/mol. The third-order valence-electron chi connectivity index (χ3n) is 28.7. The number of fused-ring (bicyclic) bond motifs is 21. The van der Waals surface area contributed by atoms with E-state index in [9.17, 15) is 0 Å². The Labute approximate surface area is 839 Å². The van der Waals surface area contributed by atoms with Crippen LogP contribution in [-0.2, 0) is 0 Å². The van der Waals surface area contributed by atoms with E-state index < -0.39 is 0 Å². The van der Waals surface area contributed by atoms with Crippen molar-refractivity contribution >= 4 is 172 Å². The first-order valence-corrected chi connectivity index (χ1v) is 50.4. The van der Waals surface area contributed by atoms with Crippen molar-refractivity contribution in [1.29, 1.82) is 0 Å². The van der Waals surface area contributed by atoms with E-state index in [0.29, 0.717) is 34.9 Å². The molecule has 0 N–H and O–H groups in total. The molecular formula is C132H80N10OS2. The van der Waals surface area contributed by atoms with E-state index in [1.807, 2.05) is 144 Å². The molecule has 30 aromatic rings. The number of furan rings is 1. The molecule has 0 fully saturated rings. The topological polar surface area (TPSA) is 110 Å². The van der Waals surface area contributed by atoms with Gasteiger partial charge in [-0.25, -0.2) is 29.9 Å². The number of hydrogen-bond donors (Lipinski definition) is 0. The summed E-state index contributed by atoms with van der Waals surface area (Å²) in [6.45, 7) is 0. The van der Waals surface area contributed by atoms with Crippen molar-refractivity contribution in [3.8, 4) is 136 Å². The number of para-hydroxylation sites is 6. The molecule has 0 spiro atoms. The van der Waals surface area contributed by atoms with E-state index in [1.165, 1.54) is 139 Å². The number of hydrogen-bond acceptors (Lipinski definition) is 9. The molecule has 145 heavy (non-hydrogen) atoms. The standard InChI is InChI=1S/C69H41N5OS.C63H39N5S/c1-4-14-42(15-5-1)67-70-68(43-16-6-2-7-17-43)72-69(71-67)48-28-34-65-57(40-48)58-41-50(29-35-66(58)76-65)74-60-23-13-11-21-52(60)54-37-45(25-31-62(54)74)47-27-33-64-56(39-47)55-38-46(26-32-63(55)75-64)44-24-30-61-53(36-44)51-20-10-12-22-59(51)73(61)49-18-8-3-9-19-49;1-4-14-40(15-5-1)61-64-62(41-16-6-2-7-17-41)66-63(65-61)42-24-30-48(31-25-42)68-56-23-13-11-21-50(56)52-37-44(27-33-58(52)68)46-29-35-60-54(39-46)53-38-45(28-34-59(53)69-60)43-26-32-57-51(36-43)49-20-10-12-22-55(49)67(57)47-18-8-3-9-19-47/h1-41H;1-39H. The van der Waals surface area contributed by atoms with E-state index in [2.05, 4.69) is 382 Å². The summed E-state index contributed by atoms with van der Waals surface area (Å²) in [6, 6.07) is 174. The maximum absolute atomic E-state index is 6.50. The third kappa shape index (κ3) is 14.2. The number of aromatic nitrogens is 10. The number of thiophene rings is 2. The van der Waals surface area contributed by atoms with Crippen LogP contribution in [0.2, 0.25) is 0 Å². The average Bonchev–Trinajstić information content (AvgIpc) is 1.58. The van der Waals surface area contributed by atoms with Gasteiger partial charge in [0.25, 0.3) is 0 Å². The van der Waals surface area contributed by atoms with Crippen molar-refractivity contribution in [3.05, 3.63) is 485 Å². The van der Waals surface area contributed by atoms with Crippen LogP contribution in [0.5, 0.6) is 0 Å². The van der Waals surface area contributed by atoms with Crippen LogP contribution in [0.3, 0.4) is 0 Å². The molecule has 676 valence electrons. The molecule has 11 nitrogen and oxygen atoms in total. The minimum atomic E-state index is 0.637. The SMILES string of the molecule is c1ccc(-c2nc(-c3ccccc3)nc(-c3ccc(-n4c5ccccc5c5cc(-c6ccc7sc8ccc(-c9ccc%10c(c9)c9ccccc9n%10-c9ccccc9)cc8c7c6)ccc54)cc3)n2)cc1.c1ccc(-c2nc(-c3ccccc3)nc(-c3ccc4sc5ccc(-n6c7ccccc7c7cc(-c8ccc9oc%10ccc(-c%11ccc%12c(c%11)c%11ccccc%11n%12-c%11ccccc%11)cc%10c9c8)ccc76)cc5c4c3)n2)cc1. The summed E-state index contributed by atoms with van der Waals surface area (Å²) in [4.78, 5) is 29.9. The Hall–Kier alpha value is -18.9. The maximum atomic E-state index is 6.50. The van der Waals surface area contributed by atoms with Gasteiger partial charge in [0.2, 0.25) is 0 Å². The lowest BCUT2D eigenvalue weighted by Gasteiger charge is -2.11. The molecule has 0 saturated carbocycles. The van der Waals surface area contributed by atoms with Gasteiger partial charge in [-0.3, -0.25) is 0 Å². The Balaban J connectivity index is 0.000000138. The van der Waals surface area contributed by atoms with Gasteiger partial charge < -0.3 is 22.7 Å². The Bertz CT molecular complexity index is 10400. The Kier molecular flexibility index (Phi) is 19.5. The van der Waals surface area contributed by atoms with E-state index in [-0.39, 0.29) is 0 Å². The summed E-state index contributed by atoms with van der Waals surface area (Å²) in [5.41, 5.74) is 30.8. The maximum Gasteiger partial charge on any atom is 0.164 e. The molecule has 0 atom stereocenters. The molecule has 9 aromatic heterocycles. The van der Waals surface area contributed by atoms with Crippen molar-refractivity contribution in [2.45, 2.75) is 0 Å². The normalized spacial score (nSPS) is 11.9. The molecule has 0 saturated heterocycles. The largest absolute Gasteiger partial charge is 0.456 e. The van der Waals surface area contributed by atoms with Crippen molar-refractivity contribution < 1.29 is 4.42 Å². The van der Waals surface area contributed by atoms with E-state index in [4.69, 9.17) is 34.3 Å². The molecule has 9 heterocycles. The van der Waals surface area contributed by atoms with Gasteiger partial charge in [-0.1, -0.05) is 279 Å². The number of benzene rings is 21. The van der Waals surface area contributed by atoms with Crippen LogP contribution in [0.25, 0.3) is 285 Å². The lowest BCUT2D eigenvalue weighted by Crippen LogP contribution is -2.00. The van der Waals surface area contributed by atoms with E-state index in [1.54, 1.807) is 0 Å². The minimum Gasteiger partial charge on any atom is -0.456 e. The summed E-state index contributed by atoms with van der Waals surface area (Å²) in [6.07, 6.45) is 0. The molecule has 13 heteroatoms. The fourth-order valence-corrected chi connectivity index (χ4v) is 24.0. The minimum absolute atomic E-state index is 0.637. The van der Waals surface area contributed by atoms with Crippen LogP contribution in [0, 0.1) is 0 Å². The monoisotopic (exact) mass is 1880 g/mol. The summed E-state index contributed by atoms with van der Waals surface area (Å²) in [7, 11) is 0. The Morgan fingerprint density at radius 1 is 0.138 bits per heavy atom. The Morgan fingerprint density at radius 3 is 0.676 bits per heavy atom. The van der Waals surface area contributed by atoms with Gasteiger partial charge in [-0.15, -0.1) is 22.7 Å².